The van der Waals surface area contributed by atoms with Crippen LogP contribution in [0, 0.1) is 5.92 Å². The molecular formula is C21H31N9O6. The number of H-pyrrole nitrogens is 2. The van der Waals surface area contributed by atoms with Crippen LogP contribution in [0.1, 0.15) is 31.7 Å². The summed E-state index contributed by atoms with van der Waals surface area (Å²) in [4.78, 5) is 74.6. The molecule has 0 saturated heterocycles. The monoisotopic (exact) mass is 505 g/mol. The summed E-state index contributed by atoms with van der Waals surface area (Å²) in [6, 6.07) is -4.86. The highest BCUT2D eigenvalue weighted by Crippen LogP contribution is 2.07. The molecular weight excluding hydrogens is 474 g/mol. The standard InChI is InChI=1S/C21H31N9O6/c1-10(2)17(30-18(32)13(22)5-16(23)31)20(34)28-14(3-11-6-24-8-26-11)19(33)29-15(21(35)36)4-12-7-25-9-27-12/h6-10,13-15,17H,3-5,22H2,1-2H3,(H2,23,31)(H,24,26)(H,25,27)(H,28,34)(H,29,33)(H,30,32)(H,35,36). The lowest BCUT2D eigenvalue weighted by Crippen LogP contribution is -2.59. The van der Waals surface area contributed by atoms with Gasteiger partial charge in [0.1, 0.15) is 18.1 Å². The third-order valence-corrected chi connectivity index (χ3v) is 5.21. The van der Waals surface area contributed by atoms with E-state index in [1.54, 1.807) is 13.8 Å². The molecule has 0 saturated carbocycles. The second-order valence-corrected chi connectivity index (χ2v) is 8.53. The lowest BCUT2D eigenvalue weighted by atomic mass is 10.0. The normalized spacial score (nSPS) is 14.3. The smallest absolute Gasteiger partial charge is 0.326 e. The number of aromatic amines is 2. The molecule has 0 bridgehead atoms. The van der Waals surface area contributed by atoms with Crippen molar-refractivity contribution in [3.63, 3.8) is 0 Å². The highest BCUT2D eigenvalue weighted by atomic mass is 16.4. The summed E-state index contributed by atoms with van der Waals surface area (Å²) in [6.45, 7) is 3.33. The summed E-state index contributed by atoms with van der Waals surface area (Å²) in [5.74, 6) is -4.70. The molecule has 36 heavy (non-hydrogen) atoms. The van der Waals surface area contributed by atoms with Crippen LogP contribution in [0.25, 0.3) is 0 Å². The van der Waals surface area contributed by atoms with Crippen LogP contribution >= 0.6 is 0 Å². The molecule has 4 atom stereocenters. The third-order valence-electron chi connectivity index (χ3n) is 5.21. The second kappa shape index (κ2) is 13.0. The lowest BCUT2D eigenvalue weighted by molar-refractivity contribution is -0.142. The summed E-state index contributed by atoms with van der Waals surface area (Å²) >= 11 is 0. The number of nitrogens with zero attached hydrogens (tertiary/aromatic N) is 2. The number of nitrogens with two attached hydrogens (primary N) is 2. The molecule has 0 aliphatic heterocycles. The minimum Gasteiger partial charge on any atom is -0.480 e. The Labute approximate surface area is 206 Å². The van der Waals surface area contributed by atoms with Gasteiger partial charge < -0.3 is 42.5 Å². The van der Waals surface area contributed by atoms with Crippen LogP contribution in [0.15, 0.2) is 25.0 Å². The van der Waals surface area contributed by atoms with Crippen LogP contribution < -0.4 is 27.4 Å². The van der Waals surface area contributed by atoms with E-state index in [1.807, 2.05) is 0 Å². The highest BCUT2D eigenvalue weighted by Gasteiger charge is 2.32. The van der Waals surface area contributed by atoms with Gasteiger partial charge in [0.25, 0.3) is 0 Å². The SMILES string of the molecule is CC(C)C(NC(=O)C(N)CC(N)=O)C(=O)NC(Cc1cnc[nH]1)C(=O)NC(Cc1cnc[nH]1)C(=O)O. The summed E-state index contributed by atoms with van der Waals surface area (Å²) in [6.07, 6.45) is 5.16. The maximum Gasteiger partial charge on any atom is 0.326 e. The van der Waals surface area contributed by atoms with Crippen molar-refractivity contribution in [1.82, 2.24) is 35.9 Å². The van der Waals surface area contributed by atoms with E-state index in [0.29, 0.717) is 11.4 Å². The number of primary amides is 1. The molecule has 4 amide bonds. The van der Waals surface area contributed by atoms with E-state index in [0.717, 1.165) is 0 Å². The van der Waals surface area contributed by atoms with Crippen LogP contribution in [-0.4, -0.2) is 78.8 Å². The predicted octanol–water partition coefficient (Wildman–Crippen LogP) is -2.68. The van der Waals surface area contributed by atoms with E-state index in [9.17, 15) is 29.1 Å². The molecule has 4 unspecified atom stereocenters. The number of amides is 4. The van der Waals surface area contributed by atoms with Gasteiger partial charge in [-0.05, 0) is 5.92 Å². The minimum absolute atomic E-state index is 0.0338. The zero-order valence-corrected chi connectivity index (χ0v) is 19.9. The number of aromatic nitrogens is 4. The van der Waals surface area contributed by atoms with Crippen molar-refractivity contribution in [2.45, 2.75) is 57.3 Å². The molecule has 15 nitrogen and oxygen atoms in total. The number of nitrogens with one attached hydrogen (secondary N) is 5. The number of imidazole rings is 2. The fraction of sp³-hybridized carbons (Fsp3) is 0.476. The van der Waals surface area contributed by atoms with Gasteiger partial charge >= 0.3 is 5.97 Å². The molecule has 0 aromatic carbocycles. The Hall–Kier alpha value is -4.27. The van der Waals surface area contributed by atoms with Gasteiger partial charge in [0, 0.05) is 36.6 Å². The van der Waals surface area contributed by atoms with E-state index >= 15 is 0 Å². The van der Waals surface area contributed by atoms with E-state index in [4.69, 9.17) is 11.5 Å². The number of rotatable bonds is 14. The molecule has 15 heteroatoms. The number of carboxylic acids is 1. The number of aliphatic carboxylic acids is 1. The number of carboxylic acid groups (broad SMARTS) is 1. The van der Waals surface area contributed by atoms with E-state index in [-0.39, 0.29) is 12.8 Å². The van der Waals surface area contributed by atoms with Crippen LogP contribution in [0.5, 0.6) is 0 Å². The summed E-state index contributed by atoms with van der Waals surface area (Å²) < 4.78 is 0. The third kappa shape index (κ3) is 8.50. The Bertz CT molecular complexity index is 1040. The average molecular weight is 506 g/mol. The fourth-order valence-electron chi connectivity index (χ4n) is 3.28. The maximum atomic E-state index is 13.1. The first-order valence-corrected chi connectivity index (χ1v) is 11.1. The van der Waals surface area contributed by atoms with Crippen LogP contribution in [0.4, 0.5) is 0 Å². The van der Waals surface area contributed by atoms with Crippen LogP contribution in [0.3, 0.4) is 0 Å². The second-order valence-electron chi connectivity index (χ2n) is 8.53. The first kappa shape index (κ1) is 28.0. The van der Waals surface area contributed by atoms with Crippen molar-refractivity contribution >= 4 is 29.6 Å². The van der Waals surface area contributed by atoms with Crippen LogP contribution in [0.2, 0.25) is 0 Å². The average Bonchev–Trinajstić information content (AvgIpc) is 3.49. The number of hydrogen-bond acceptors (Lipinski definition) is 8. The van der Waals surface area contributed by atoms with Gasteiger partial charge in [-0.2, -0.15) is 0 Å². The van der Waals surface area contributed by atoms with Crippen molar-refractivity contribution in [3.05, 3.63) is 36.4 Å². The first-order valence-electron chi connectivity index (χ1n) is 11.1. The Morgan fingerprint density at radius 3 is 1.86 bits per heavy atom. The van der Waals surface area contributed by atoms with Gasteiger partial charge in [0.2, 0.25) is 23.6 Å². The summed E-state index contributed by atoms with van der Waals surface area (Å²) in [5.41, 5.74) is 11.7. The fourth-order valence-corrected chi connectivity index (χ4v) is 3.28. The molecule has 2 aromatic heterocycles. The molecule has 2 heterocycles. The van der Waals surface area contributed by atoms with Gasteiger partial charge in [-0.15, -0.1) is 0 Å². The Kier molecular flexibility index (Phi) is 10.1. The van der Waals surface area contributed by atoms with Gasteiger partial charge in [0.15, 0.2) is 0 Å². The molecule has 10 N–H and O–H groups in total. The predicted molar refractivity (Wildman–Crippen MR) is 125 cm³/mol. The Balaban J connectivity index is 2.17. The van der Waals surface area contributed by atoms with Gasteiger partial charge in [-0.3, -0.25) is 19.2 Å². The molecule has 196 valence electrons. The van der Waals surface area contributed by atoms with E-state index < -0.39 is 66.1 Å². The van der Waals surface area contributed by atoms with Crippen molar-refractivity contribution in [3.8, 4) is 0 Å². The van der Waals surface area contributed by atoms with Gasteiger partial charge in [-0.25, -0.2) is 14.8 Å². The van der Waals surface area contributed by atoms with E-state index in [2.05, 4.69) is 35.9 Å². The zero-order chi connectivity index (χ0) is 26.8. The van der Waals surface area contributed by atoms with E-state index in [1.165, 1.54) is 25.0 Å². The van der Waals surface area contributed by atoms with Gasteiger partial charge in [0.05, 0.1) is 25.1 Å². The number of hydrogen-bond donors (Lipinski definition) is 8. The molecule has 0 spiro atoms. The zero-order valence-electron chi connectivity index (χ0n) is 19.9. The summed E-state index contributed by atoms with van der Waals surface area (Å²) in [7, 11) is 0. The quantitative estimate of drug-likeness (QED) is 0.133. The van der Waals surface area contributed by atoms with Crippen molar-refractivity contribution in [1.29, 1.82) is 0 Å². The summed E-state index contributed by atoms with van der Waals surface area (Å²) in [5, 5.41) is 17.0. The molecule has 0 aliphatic rings. The molecule has 2 rings (SSSR count). The van der Waals surface area contributed by atoms with Crippen molar-refractivity contribution < 1.29 is 29.1 Å². The first-order chi connectivity index (χ1) is 17.0. The highest BCUT2D eigenvalue weighted by molar-refractivity contribution is 5.95. The van der Waals surface area contributed by atoms with Gasteiger partial charge in [-0.1, -0.05) is 13.8 Å². The lowest BCUT2D eigenvalue weighted by Gasteiger charge is -2.26. The Morgan fingerprint density at radius 1 is 0.889 bits per heavy atom. The Morgan fingerprint density at radius 2 is 1.42 bits per heavy atom. The molecule has 0 fully saturated rings. The maximum absolute atomic E-state index is 13.1. The van der Waals surface area contributed by atoms with Crippen molar-refractivity contribution in [2.24, 2.45) is 17.4 Å². The largest absolute Gasteiger partial charge is 0.480 e. The topological polar surface area (TPSA) is 251 Å². The van der Waals surface area contributed by atoms with Crippen LogP contribution in [-0.2, 0) is 36.8 Å². The molecule has 0 aliphatic carbocycles. The van der Waals surface area contributed by atoms with Crippen molar-refractivity contribution in [2.75, 3.05) is 0 Å². The molecule has 0 radical (unpaired) electrons. The molecule has 2 aromatic rings. The minimum atomic E-state index is -1.30. The number of carbonyl (C=O) groups is 5. The number of carbonyl (C=O) groups excluding carboxylic acids is 4.